The summed E-state index contributed by atoms with van der Waals surface area (Å²) in [5, 5.41) is 2.48. The highest BCUT2D eigenvalue weighted by atomic mass is 19.1. The molecule has 3 N–H and O–H groups in total. The normalized spacial score (nSPS) is 14.2. The number of primary amides is 1. The molecule has 0 radical (unpaired) electrons. The van der Waals surface area contributed by atoms with Crippen LogP contribution in [0.15, 0.2) is 36.4 Å². The maximum atomic E-state index is 13.8. The Morgan fingerprint density at radius 3 is 2.35 bits per heavy atom. The Labute approximate surface area is 149 Å². The third-order valence-corrected chi connectivity index (χ3v) is 4.41. The molecule has 26 heavy (non-hydrogen) atoms. The molecule has 0 aromatic heterocycles. The van der Waals surface area contributed by atoms with Crippen molar-refractivity contribution in [3.8, 4) is 0 Å². The molecule has 5 nitrogen and oxygen atoms in total. The van der Waals surface area contributed by atoms with Gasteiger partial charge in [-0.1, -0.05) is 0 Å². The number of nitrogens with two attached hydrogens (primary N) is 1. The van der Waals surface area contributed by atoms with Gasteiger partial charge in [-0.3, -0.25) is 9.59 Å². The number of nitrogens with zero attached hydrogens (tertiary/aromatic N) is 1. The van der Waals surface area contributed by atoms with E-state index in [1.165, 1.54) is 6.42 Å². The second kappa shape index (κ2) is 7.51. The first kappa shape index (κ1) is 17.8. The zero-order valence-electron chi connectivity index (χ0n) is 14.1. The summed E-state index contributed by atoms with van der Waals surface area (Å²) in [7, 11) is 0. The molecule has 136 valence electrons. The molecule has 0 aliphatic carbocycles. The molecule has 1 aliphatic heterocycles. The number of nitrogens with one attached hydrogen (secondary N) is 1. The van der Waals surface area contributed by atoms with E-state index in [4.69, 9.17) is 5.73 Å². The van der Waals surface area contributed by atoms with Gasteiger partial charge in [0.05, 0.1) is 16.8 Å². The molecule has 0 atom stereocenters. The third-order valence-electron chi connectivity index (χ3n) is 4.41. The van der Waals surface area contributed by atoms with Crippen molar-refractivity contribution in [3.05, 3.63) is 59.2 Å². The van der Waals surface area contributed by atoms with E-state index < -0.39 is 23.4 Å². The number of carbonyl (C=O) groups excluding carboxylic acids is 2. The Morgan fingerprint density at radius 2 is 1.69 bits per heavy atom. The van der Waals surface area contributed by atoms with Gasteiger partial charge in [0.1, 0.15) is 11.6 Å². The summed E-state index contributed by atoms with van der Waals surface area (Å²) in [6.45, 7) is 1.79. The van der Waals surface area contributed by atoms with E-state index in [9.17, 15) is 18.4 Å². The number of benzene rings is 2. The van der Waals surface area contributed by atoms with Gasteiger partial charge in [0, 0.05) is 24.8 Å². The highest BCUT2D eigenvalue weighted by Gasteiger charge is 2.18. The first-order chi connectivity index (χ1) is 12.5. The van der Waals surface area contributed by atoms with E-state index in [-0.39, 0.29) is 16.8 Å². The van der Waals surface area contributed by atoms with Crippen LogP contribution in [0.25, 0.3) is 0 Å². The van der Waals surface area contributed by atoms with Crippen LogP contribution in [0.5, 0.6) is 0 Å². The zero-order valence-corrected chi connectivity index (χ0v) is 14.1. The average Bonchev–Trinajstić information content (AvgIpc) is 2.62. The maximum absolute atomic E-state index is 13.8. The predicted molar refractivity (Wildman–Crippen MR) is 95.3 cm³/mol. The van der Waals surface area contributed by atoms with Crippen molar-refractivity contribution < 1.29 is 18.4 Å². The molecule has 1 saturated heterocycles. The Morgan fingerprint density at radius 1 is 0.962 bits per heavy atom. The van der Waals surface area contributed by atoms with Crippen LogP contribution < -0.4 is 16.0 Å². The van der Waals surface area contributed by atoms with Gasteiger partial charge in [-0.2, -0.15) is 0 Å². The molecular weight excluding hydrogens is 340 g/mol. The van der Waals surface area contributed by atoms with Crippen LogP contribution in [0.3, 0.4) is 0 Å². The van der Waals surface area contributed by atoms with Crippen LogP contribution in [0.2, 0.25) is 0 Å². The fourth-order valence-electron chi connectivity index (χ4n) is 3.06. The van der Waals surface area contributed by atoms with E-state index in [2.05, 4.69) is 10.2 Å². The summed E-state index contributed by atoms with van der Waals surface area (Å²) in [6, 6.07) is 7.66. The molecule has 1 heterocycles. The number of hydrogen-bond donors (Lipinski definition) is 2. The van der Waals surface area contributed by atoms with Gasteiger partial charge in [0.2, 0.25) is 0 Å². The molecule has 1 fully saturated rings. The summed E-state index contributed by atoms with van der Waals surface area (Å²) in [4.78, 5) is 26.2. The molecule has 2 aromatic carbocycles. The Hall–Kier alpha value is -2.96. The van der Waals surface area contributed by atoms with E-state index in [0.717, 1.165) is 43.8 Å². The minimum atomic E-state index is -0.979. The lowest BCUT2D eigenvalue weighted by Gasteiger charge is -2.29. The van der Waals surface area contributed by atoms with E-state index in [1.807, 2.05) is 0 Å². The van der Waals surface area contributed by atoms with Crippen LogP contribution in [-0.2, 0) is 0 Å². The summed E-state index contributed by atoms with van der Waals surface area (Å²) in [5.41, 5.74) is 6.31. The topological polar surface area (TPSA) is 75.4 Å². The molecule has 0 saturated carbocycles. The summed E-state index contributed by atoms with van der Waals surface area (Å²) in [6.07, 6.45) is 3.33. The van der Waals surface area contributed by atoms with Gasteiger partial charge in [0.25, 0.3) is 11.8 Å². The molecule has 2 aromatic rings. The van der Waals surface area contributed by atoms with Crippen LogP contribution in [0.4, 0.5) is 20.2 Å². The second-order valence-electron chi connectivity index (χ2n) is 6.22. The van der Waals surface area contributed by atoms with Gasteiger partial charge in [-0.05, 0) is 49.6 Å². The molecule has 0 bridgehead atoms. The highest BCUT2D eigenvalue weighted by Crippen LogP contribution is 2.26. The minimum Gasteiger partial charge on any atom is -0.372 e. The summed E-state index contributed by atoms with van der Waals surface area (Å²) < 4.78 is 26.8. The lowest BCUT2D eigenvalue weighted by Crippen LogP contribution is -2.29. The molecule has 0 spiro atoms. The molecule has 3 rings (SSSR count). The van der Waals surface area contributed by atoms with Gasteiger partial charge >= 0.3 is 0 Å². The third kappa shape index (κ3) is 3.82. The standard InChI is InChI=1S/C19H19F2N3O2/c20-12-4-6-14(16(21)10-12)19(26)23-17-7-5-13(11-15(17)18(22)25)24-8-2-1-3-9-24/h4-7,10-11H,1-3,8-9H2,(H2,22,25)(H,23,26). The van der Waals surface area contributed by atoms with E-state index in [0.29, 0.717) is 6.07 Å². The second-order valence-corrected chi connectivity index (χ2v) is 6.22. The van der Waals surface area contributed by atoms with Gasteiger partial charge in [-0.25, -0.2) is 8.78 Å². The van der Waals surface area contributed by atoms with Crippen molar-refractivity contribution in [3.63, 3.8) is 0 Å². The molecule has 0 unspecified atom stereocenters. The number of anilines is 2. The summed E-state index contributed by atoms with van der Waals surface area (Å²) in [5.74, 6) is -3.23. The number of hydrogen-bond acceptors (Lipinski definition) is 3. The van der Waals surface area contributed by atoms with Crippen molar-refractivity contribution in [1.29, 1.82) is 0 Å². The molecule has 1 aliphatic rings. The first-order valence-electron chi connectivity index (χ1n) is 8.41. The van der Waals surface area contributed by atoms with Gasteiger partial charge < -0.3 is 16.0 Å². The fourth-order valence-corrected chi connectivity index (χ4v) is 3.06. The smallest absolute Gasteiger partial charge is 0.258 e. The van der Waals surface area contributed by atoms with Crippen LogP contribution >= 0.6 is 0 Å². The number of carbonyl (C=O) groups is 2. The maximum Gasteiger partial charge on any atom is 0.258 e. The monoisotopic (exact) mass is 359 g/mol. The van der Waals surface area contributed by atoms with Crippen LogP contribution in [0.1, 0.15) is 40.0 Å². The van der Waals surface area contributed by atoms with Gasteiger partial charge in [-0.15, -0.1) is 0 Å². The van der Waals surface area contributed by atoms with Crippen molar-refractivity contribution in [1.82, 2.24) is 0 Å². The number of piperidine rings is 1. The lowest BCUT2D eigenvalue weighted by molar-refractivity contribution is 0.100. The molecule has 7 heteroatoms. The van der Waals surface area contributed by atoms with Crippen LogP contribution in [-0.4, -0.2) is 24.9 Å². The highest BCUT2D eigenvalue weighted by molar-refractivity contribution is 6.09. The van der Waals surface area contributed by atoms with Crippen molar-refractivity contribution in [2.75, 3.05) is 23.3 Å². The Bertz CT molecular complexity index is 849. The first-order valence-corrected chi connectivity index (χ1v) is 8.41. The SMILES string of the molecule is NC(=O)c1cc(N2CCCCC2)ccc1NC(=O)c1ccc(F)cc1F. The minimum absolute atomic E-state index is 0.143. The molecular formula is C19H19F2N3O2. The lowest BCUT2D eigenvalue weighted by atomic mass is 10.1. The number of halogens is 2. The summed E-state index contributed by atoms with van der Waals surface area (Å²) >= 11 is 0. The quantitative estimate of drug-likeness (QED) is 0.879. The van der Waals surface area contributed by atoms with E-state index in [1.54, 1.807) is 18.2 Å². The largest absolute Gasteiger partial charge is 0.372 e. The van der Waals surface area contributed by atoms with Crippen molar-refractivity contribution in [2.45, 2.75) is 19.3 Å². The predicted octanol–water partition coefficient (Wildman–Crippen LogP) is 3.31. The number of rotatable bonds is 4. The van der Waals surface area contributed by atoms with Crippen molar-refractivity contribution in [2.24, 2.45) is 5.73 Å². The zero-order chi connectivity index (χ0) is 18.7. The number of amides is 2. The Kier molecular flexibility index (Phi) is 5.16. The van der Waals surface area contributed by atoms with E-state index >= 15 is 0 Å². The Balaban J connectivity index is 1.86. The van der Waals surface area contributed by atoms with Crippen molar-refractivity contribution >= 4 is 23.2 Å². The van der Waals surface area contributed by atoms with Crippen LogP contribution in [0, 0.1) is 11.6 Å². The van der Waals surface area contributed by atoms with Gasteiger partial charge in [0.15, 0.2) is 0 Å². The average molecular weight is 359 g/mol. The molecule has 2 amide bonds. The fraction of sp³-hybridized carbons (Fsp3) is 0.263.